The van der Waals surface area contributed by atoms with E-state index in [1.54, 1.807) is 18.2 Å². The summed E-state index contributed by atoms with van der Waals surface area (Å²) in [5.74, 6) is -0.287. The second-order valence-electron chi connectivity index (χ2n) is 6.87. The van der Waals surface area contributed by atoms with Crippen molar-refractivity contribution in [3.8, 4) is 11.5 Å². The standard InChI is InChI=1S/C20H19F2N3O3S/c21-13-1-3-16(15(22)9-13)24-20(29)25-7-5-12(6-8-25)19(26)23-14-2-4-17-18(10-14)28-11-27-17/h1-4,9-10,12H,5-8,11H2,(H,23,26)(H,24,29). The number of carbonyl (C=O) groups excluding carboxylic acids is 1. The minimum absolute atomic E-state index is 0.0630. The number of hydrogen-bond donors (Lipinski definition) is 2. The Bertz CT molecular complexity index is 949. The Kier molecular flexibility index (Phi) is 5.48. The van der Waals surface area contributed by atoms with E-state index in [2.05, 4.69) is 10.6 Å². The molecule has 1 fully saturated rings. The summed E-state index contributed by atoms with van der Waals surface area (Å²) in [6.07, 6.45) is 1.23. The number of likely N-dealkylation sites (tertiary alicyclic amines) is 1. The molecular weight excluding hydrogens is 400 g/mol. The lowest BCUT2D eigenvalue weighted by Crippen LogP contribution is -2.43. The first-order valence-corrected chi connectivity index (χ1v) is 9.62. The molecule has 1 saturated heterocycles. The van der Waals surface area contributed by atoms with Gasteiger partial charge in [0.2, 0.25) is 12.7 Å². The number of piperidine rings is 1. The van der Waals surface area contributed by atoms with Crippen molar-refractivity contribution in [1.29, 1.82) is 0 Å². The molecule has 152 valence electrons. The second-order valence-corrected chi connectivity index (χ2v) is 7.26. The van der Waals surface area contributed by atoms with Crippen molar-refractivity contribution in [2.45, 2.75) is 12.8 Å². The van der Waals surface area contributed by atoms with Crippen LogP contribution in [0.25, 0.3) is 0 Å². The first-order chi connectivity index (χ1) is 14.0. The van der Waals surface area contributed by atoms with Crippen molar-refractivity contribution >= 4 is 34.6 Å². The van der Waals surface area contributed by atoms with Gasteiger partial charge < -0.3 is 25.0 Å². The van der Waals surface area contributed by atoms with Gasteiger partial charge in [0.05, 0.1) is 5.69 Å². The summed E-state index contributed by atoms with van der Waals surface area (Å²) in [5, 5.41) is 6.07. The fourth-order valence-electron chi connectivity index (χ4n) is 3.35. The number of hydrogen-bond acceptors (Lipinski definition) is 4. The van der Waals surface area contributed by atoms with Crippen LogP contribution in [0.1, 0.15) is 12.8 Å². The smallest absolute Gasteiger partial charge is 0.231 e. The van der Waals surface area contributed by atoms with Gasteiger partial charge in [0.15, 0.2) is 16.6 Å². The number of ether oxygens (including phenoxy) is 2. The number of nitrogens with zero attached hydrogens (tertiary/aromatic N) is 1. The summed E-state index contributed by atoms with van der Waals surface area (Å²) < 4.78 is 37.4. The zero-order valence-corrected chi connectivity index (χ0v) is 16.2. The predicted molar refractivity (Wildman–Crippen MR) is 108 cm³/mol. The van der Waals surface area contributed by atoms with E-state index in [0.29, 0.717) is 48.2 Å². The number of halogens is 2. The van der Waals surface area contributed by atoms with Gasteiger partial charge in [0.25, 0.3) is 0 Å². The van der Waals surface area contributed by atoms with Gasteiger partial charge in [-0.1, -0.05) is 0 Å². The molecule has 4 rings (SSSR count). The lowest BCUT2D eigenvalue weighted by Gasteiger charge is -2.33. The van der Waals surface area contributed by atoms with Crippen LogP contribution in [0, 0.1) is 17.6 Å². The molecule has 0 unspecified atom stereocenters. The lowest BCUT2D eigenvalue weighted by atomic mass is 9.96. The van der Waals surface area contributed by atoms with Crippen LogP contribution in [0.3, 0.4) is 0 Å². The molecule has 2 aliphatic heterocycles. The van der Waals surface area contributed by atoms with E-state index in [4.69, 9.17) is 21.7 Å². The molecule has 2 aromatic carbocycles. The Labute approximate surface area is 171 Å². The van der Waals surface area contributed by atoms with Gasteiger partial charge >= 0.3 is 0 Å². The van der Waals surface area contributed by atoms with Crippen LogP contribution < -0.4 is 20.1 Å². The minimum Gasteiger partial charge on any atom is -0.454 e. The van der Waals surface area contributed by atoms with Gasteiger partial charge in [-0.25, -0.2) is 8.78 Å². The van der Waals surface area contributed by atoms with Crippen LogP contribution in [0.2, 0.25) is 0 Å². The van der Waals surface area contributed by atoms with Crippen molar-refractivity contribution in [3.05, 3.63) is 48.0 Å². The molecule has 0 bridgehead atoms. The van der Waals surface area contributed by atoms with Gasteiger partial charge in [-0.2, -0.15) is 0 Å². The SMILES string of the molecule is O=C(Nc1ccc2c(c1)OCO2)C1CCN(C(=S)Nc2ccc(F)cc2F)CC1. The molecule has 6 nitrogen and oxygen atoms in total. The van der Waals surface area contributed by atoms with Crippen LogP contribution in [-0.2, 0) is 4.79 Å². The first-order valence-electron chi connectivity index (χ1n) is 9.21. The molecule has 0 aliphatic carbocycles. The van der Waals surface area contributed by atoms with Crippen molar-refractivity contribution < 1.29 is 23.0 Å². The van der Waals surface area contributed by atoms with Crippen molar-refractivity contribution in [1.82, 2.24) is 4.90 Å². The van der Waals surface area contributed by atoms with Crippen LogP contribution in [0.5, 0.6) is 11.5 Å². The third-order valence-corrected chi connectivity index (χ3v) is 5.33. The van der Waals surface area contributed by atoms with E-state index < -0.39 is 11.6 Å². The normalized spacial score (nSPS) is 15.9. The van der Waals surface area contributed by atoms with Gasteiger partial charge in [0.1, 0.15) is 11.6 Å². The summed E-state index contributed by atoms with van der Waals surface area (Å²) in [7, 11) is 0. The monoisotopic (exact) mass is 419 g/mol. The lowest BCUT2D eigenvalue weighted by molar-refractivity contribution is -0.120. The quantitative estimate of drug-likeness (QED) is 0.739. The highest BCUT2D eigenvalue weighted by Gasteiger charge is 2.27. The molecule has 2 N–H and O–H groups in total. The third-order valence-electron chi connectivity index (χ3n) is 4.97. The average Bonchev–Trinajstić information content (AvgIpc) is 3.18. The number of amides is 1. The zero-order chi connectivity index (χ0) is 20.4. The number of nitrogens with one attached hydrogen (secondary N) is 2. The maximum Gasteiger partial charge on any atom is 0.231 e. The van der Waals surface area contributed by atoms with E-state index in [9.17, 15) is 13.6 Å². The molecule has 9 heteroatoms. The van der Waals surface area contributed by atoms with E-state index in [1.165, 1.54) is 12.1 Å². The highest BCUT2D eigenvalue weighted by atomic mass is 32.1. The minimum atomic E-state index is -0.703. The number of anilines is 2. The van der Waals surface area contributed by atoms with Gasteiger partial charge in [0, 0.05) is 36.8 Å². The van der Waals surface area contributed by atoms with E-state index in [1.807, 2.05) is 4.90 Å². The molecule has 2 heterocycles. The highest BCUT2D eigenvalue weighted by Crippen LogP contribution is 2.34. The fourth-order valence-corrected chi connectivity index (χ4v) is 3.64. The topological polar surface area (TPSA) is 62.8 Å². The number of benzene rings is 2. The van der Waals surface area contributed by atoms with E-state index in [0.717, 1.165) is 6.07 Å². The Morgan fingerprint density at radius 1 is 1.03 bits per heavy atom. The largest absolute Gasteiger partial charge is 0.454 e. The molecule has 0 atom stereocenters. The molecule has 0 aromatic heterocycles. The van der Waals surface area contributed by atoms with E-state index in [-0.39, 0.29) is 24.3 Å². The average molecular weight is 419 g/mol. The Balaban J connectivity index is 1.29. The van der Waals surface area contributed by atoms with Gasteiger partial charge in [-0.3, -0.25) is 4.79 Å². The molecule has 0 saturated carbocycles. The molecule has 29 heavy (non-hydrogen) atoms. The number of thiocarbonyl (C=S) groups is 1. The summed E-state index contributed by atoms with van der Waals surface area (Å²) in [5.41, 5.74) is 0.782. The molecular formula is C20H19F2N3O3S. The summed E-state index contributed by atoms with van der Waals surface area (Å²) >= 11 is 5.33. The summed E-state index contributed by atoms with van der Waals surface area (Å²) in [6.45, 7) is 1.31. The predicted octanol–water partition coefficient (Wildman–Crippen LogP) is 3.74. The summed E-state index contributed by atoms with van der Waals surface area (Å²) in [4.78, 5) is 14.5. The number of rotatable bonds is 3. The number of fused-ring (bicyclic) bond motifs is 1. The number of carbonyl (C=O) groups is 1. The van der Waals surface area contributed by atoms with Crippen LogP contribution in [0.4, 0.5) is 20.2 Å². The highest BCUT2D eigenvalue weighted by molar-refractivity contribution is 7.80. The molecule has 2 aromatic rings. The van der Waals surface area contributed by atoms with Crippen LogP contribution in [0.15, 0.2) is 36.4 Å². The van der Waals surface area contributed by atoms with Crippen LogP contribution in [-0.4, -0.2) is 35.8 Å². The molecule has 0 radical (unpaired) electrons. The second kappa shape index (κ2) is 8.20. The van der Waals surface area contributed by atoms with Crippen molar-refractivity contribution in [2.75, 3.05) is 30.5 Å². The third kappa shape index (κ3) is 4.40. The van der Waals surface area contributed by atoms with Crippen LogP contribution >= 0.6 is 12.2 Å². The first kappa shape index (κ1) is 19.4. The zero-order valence-electron chi connectivity index (χ0n) is 15.4. The summed E-state index contributed by atoms with van der Waals surface area (Å²) in [6, 6.07) is 8.56. The van der Waals surface area contributed by atoms with Gasteiger partial charge in [-0.05, 0) is 49.3 Å². The molecule has 0 spiro atoms. The maximum absolute atomic E-state index is 13.8. The Morgan fingerprint density at radius 2 is 1.79 bits per heavy atom. The van der Waals surface area contributed by atoms with Gasteiger partial charge in [-0.15, -0.1) is 0 Å². The maximum atomic E-state index is 13.8. The molecule has 1 amide bonds. The van der Waals surface area contributed by atoms with Crippen molar-refractivity contribution in [2.24, 2.45) is 5.92 Å². The fraction of sp³-hybridized carbons (Fsp3) is 0.300. The van der Waals surface area contributed by atoms with E-state index >= 15 is 0 Å². The van der Waals surface area contributed by atoms with Crippen molar-refractivity contribution in [3.63, 3.8) is 0 Å². The molecule has 2 aliphatic rings. The Hall–Kier alpha value is -2.94. The Morgan fingerprint density at radius 3 is 2.55 bits per heavy atom.